The van der Waals surface area contributed by atoms with Crippen molar-refractivity contribution in [2.45, 2.75) is 0 Å². The van der Waals surface area contributed by atoms with E-state index in [0.29, 0.717) is 4.64 Å². The maximum absolute atomic E-state index is 4.93. The standard InChI is InChI=1S/C7H5N3S2/c11-7-4-8-3-6(9-7)5-1-2-12-10-5/h1-4H,(H,9,11). The van der Waals surface area contributed by atoms with E-state index in [4.69, 9.17) is 12.2 Å². The highest BCUT2D eigenvalue weighted by Gasteiger charge is 1.98. The van der Waals surface area contributed by atoms with E-state index in [2.05, 4.69) is 14.3 Å². The summed E-state index contributed by atoms with van der Waals surface area (Å²) >= 11 is 6.34. The largest absolute Gasteiger partial charge is 0.342 e. The summed E-state index contributed by atoms with van der Waals surface area (Å²) in [5.41, 5.74) is 1.75. The second-order valence-corrected chi connectivity index (χ2v) is 3.30. The number of nitrogens with one attached hydrogen (secondary N) is 1. The quantitative estimate of drug-likeness (QED) is 0.710. The molecular weight excluding hydrogens is 190 g/mol. The maximum atomic E-state index is 4.93. The fourth-order valence-electron chi connectivity index (χ4n) is 0.858. The van der Waals surface area contributed by atoms with Gasteiger partial charge in [0.1, 0.15) is 10.3 Å². The number of rotatable bonds is 1. The van der Waals surface area contributed by atoms with Crippen LogP contribution in [-0.2, 0) is 0 Å². The minimum Gasteiger partial charge on any atom is -0.342 e. The van der Waals surface area contributed by atoms with Gasteiger partial charge in [0, 0.05) is 5.38 Å². The van der Waals surface area contributed by atoms with Crippen LogP contribution in [0, 0.1) is 4.64 Å². The third-order valence-corrected chi connectivity index (χ3v) is 2.13. The molecule has 0 radical (unpaired) electrons. The number of H-pyrrole nitrogens is 1. The van der Waals surface area contributed by atoms with E-state index in [1.807, 2.05) is 11.4 Å². The van der Waals surface area contributed by atoms with Crippen molar-refractivity contribution in [3.8, 4) is 11.4 Å². The number of hydrogen-bond acceptors (Lipinski definition) is 4. The van der Waals surface area contributed by atoms with E-state index in [1.165, 1.54) is 11.5 Å². The molecule has 60 valence electrons. The molecule has 2 rings (SSSR count). The summed E-state index contributed by atoms with van der Waals surface area (Å²) in [6, 6.07) is 1.92. The van der Waals surface area contributed by atoms with Gasteiger partial charge in [0.15, 0.2) is 0 Å². The van der Waals surface area contributed by atoms with Gasteiger partial charge in [-0.25, -0.2) is 0 Å². The Labute approximate surface area is 78.3 Å². The first-order valence-electron chi connectivity index (χ1n) is 3.31. The molecule has 0 fully saturated rings. The van der Waals surface area contributed by atoms with Crippen LogP contribution in [0.2, 0.25) is 0 Å². The van der Waals surface area contributed by atoms with Crippen molar-refractivity contribution in [2.75, 3.05) is 0 Å². The van der Waals surface area contributed by atoms with Gasteiger partial charge in [0.25, 0.3) is 0 Å². The summed E-state index contributed by atoms with van der Waals surface area (Å²) in [5, 5.41) is 1.92. The molecule has 0 bridgehead atoms. The first kappa shape index (κ1) is 7.57. The lowest BCUT2D eigenvalue weighted by Crippen LogP contribution is -1.84. The van der Waals surface area contributed by atoms with Gasteiger partial charge in [-0.3, -0.25) is 4.98 Å². The average molecular weight is 195 g/mol. The van der Waals surface area contributed by atoms with E-state index in [-0.39, 0.29) is 0 Å². The van der Waals surface area contributed by atoms with Crippen molar-refractivity contribution in [1.29, 1.82) is 0 Å². The zero-order valence-electron chi connectivity index (χ0n) is 6.02. The third-order valence-electron chi connectivity index (χ3n) is 1.37. The molecule has 3 nitrogen and oxygen atoms in total. The number of aromatic amines is 1. The predicted molar refractivity (Wildman–Crippen MR) is 50.5 cm³/mol. The van der Waals surface area contributed by atoms with Crippen molar-refractivity contribution < 1.29 is 0 Å². The Morgan fingerprint density at radius 1 is 1.42 bits per heavy atom. The fourth-order valence-corrected chi connectivity index (χ4v) is 1.55. The Bertz CT molecular complexity index is 418. The summed E-state index contributed by atoms with van der Waals surface area (Å²) in [7, 11) is 0. The molecule has 0 unspecified atom stereocenters. The van der Waals surface area contributed by atoms with Crippen LogP contribution in [0.15, 0.2) is 23.8 Å². The smallest absolute Gasteiger partial charge is 0.122 e. The molecule has 2 heterocycles. The summed E-state index contributed by atoms with van der Waals surface area (Å²) in [5.74, 6) is 0. The zero-order valence-corrected chi connectivity index (χ0v) is 7.65. The molecule has 0 aliphatic rings. The Hall–Kier alpha value is -1.07. The maximum Gasteiger partial charge on any atom is 0.122 e. The first-order chi connectivity index (χ1) is 5.86. The molecule has 0 spiro atoms. The summed E-state index contributed by atoms with van der Waals surface area (Å²) in [6.07, 6.45) is 3.32. The van der Waals surface area contributed by atoms with Crippen LogP contribution >= 0.6 is 23.8 Å². The van der Waals surface area contributed by atoms with Crippen molar-refractivity contribution >= 4 is 23.8 Å². The van der Waals surface area contributed by atoms with E-state index in [1.54, 1.807) is 12.4 Å². The average Bonchev–Trinajstić information content (AvgIpc) is 2.56. The van der Waals surface area contributed by atoms with Gasteiger partial charge in [-0.05, 0) is 17.6 Å². The lowest BCUT2D eigenvalue weighted by atomic mass is 10.3. The van der Waals surface area contributed by atoms with Crippen molar-refractivity contribution in [1.82, 2.24) is 14.3 Å². The Morgan fingerprint density at radius 2 is 2.33 bits per heavy atom. The molecule has 0 aliphatic heterocycles. The second kappa shape index (κ2) is 3.12. The molecule has 0 saturated carbocycles. The molecule has 1 N–H and O–H groups in total. The SMILES string of the molecule is S=c1cncc(-c2ccsn2)[nH]1. The zero-order chi connectivity index (χ0) is 8.39. The Morgan fingerprint density at radius 3 is 3.00 bits per heavy atom. The molecule has 5 heteroatoms. The lowest BCUT2D eigenvalue weighted by molar-refractivity contribution is 1.18. The highest BCUT2D eigenvalue weighted by molar-refractivity contribution is 7.71. The Balaban J connectivity index is 2.55. The molecule has 2 aromatic rings. The molecule has 0 aliphatic carbocycles. The van der Waals surface area contributed by atoms with Crippen molar-refractivity contribution in [3.05, 3.63) is 28.5 Å². The van der Waals surface area contributed by atoms with Gasteiger partial charge in [0.05, 0.1) is 18.1 Å². The molecule has 12 heavy (non-hydrogen) atoms. The van der Waals surface area contributed by atoms with E-state index < -0.39 is 0 Å². The molecule has 0 atom stereocenters. The molecule has 0 saturated heterocycles. The van der Waals surface area contributed by atoms with Gasteiger partial charge >= 0.3 is 0 Å². The van der Waals surface area contributed by atoms with Crippen LogP contribution in [0.25, 0.3) is 11.4 Å². The van der Waals surface area contributed by atoms with Crippen LogP contribution in [0.5, 0.6) is 0 Å². The predicted octanol–water partition coefficient (Wildman–Crippen LogP) is 2.26. The summed E-state index contributed by atoms with van der Waals surface area (Å²) in [6.45, 7) is 0. The highest BCUT2D eigenvalue weighted by Crippen LogP contribution is 2.13. The second-order valence-electron chi connectivity index (χ2n) is 2.19. The highest BCUT2D eigenvalue weighted by atomic mass is 32.1. The van der Waals surface area contributed by atoms with E-state index in [0.717, 1.165) is 11.4 Å². The number of nitrogens with zero attached hydrogens (tertiary/aromatic N) is 2. The minimum absolute atomic E-state index is 0.625. The van der Waals surface area contributed by atoms with Gasteiger partial charge < -0.3 is 4.98 Å². The lowest BCUT2D eigenvalue weighted by Gasteiger charge is -1.93. The summed E-state index contributed by atoms with van der Waals surface area (Å²) in [4.78, 5) is 6.98. The first-order valence-corrected chi connectivity index (χ1v) is 4.56. The normalized spacial score (nSPS) is 10.0. The molecule has 2 aromatic heterocycles. The molecule has 0 amide bonds. The van der Waals surface area contributed by atoms with Crippen LogP contribution in [0.1, 0.15) is 0 Å². The molecule has 0 aromatic carbocycles. The number of hydrogen-bond donors (Lipinski definition) is 1. The van der Waals surface area contributed by atoms with E-state index in [9.17, 15) is 0 Å². The monoisotopic (exact) mass is 195 g/mol. The van der Waals surface area contributed by atoms with Crippen LogP contribution in [0.3, 0.4) is 0 Å². The molecular formula is C7H5N3S2. The van der Waals surface area contributed by atoms with Gasteiger partial charge in [-0.15, -0.1) is 0 Å². The van der Waals surface area contributed by atoms with Crippen LogP contribution in [0.4, 0.5) is 0 Å². The van der Waals surface area contributed by atoms with Crippen molar-refractivity contribution in [3.63, 3.8) is 0 Å². The number of aromatic nitrogens is 3. The van der Waals surface area contributed by atoms with Gasteiger partial charge in [-0.1, -0.05) is 12.2 Å². The van der Waals surface area contributed by atoms with Crippen molar-refractivity contribution in [2.24, 2.45) is 0 Å². The van der Waals surface area contributed by atoms with E-state index >= 15 is 0 Å². The summed E-state index contributed by atoms with van der Waals surface area (Å²) < 4.78 is 4.78. The fraction of sp³-hybridized carbons (Fsp3) is 0. The van der Waals surface area contributed by atoms with Gasteiger partial charge in [0.2, 0.25) is 0 Å². The van der Waals surface area contributed by atoms with Crippen LogP contribution in [-0.4, -0.2) is 14.3 Å². The Kier molecular flexibility index (Phi) is 1.97. The van der Waals surface area contributed by atoms with Gasteiger partial charge in [-0.2, -0.15) is 4.37 Å². The third kappa shape index (κ3) is 1.41. The topological polar surface area (TPSA) is 41.6 Å². The minimum atomic E-state index is 0.625. The van der Waals surface area contributed by atoms with Crippen LogP contribution < -0.4 is 0 Å².